The zero-order valence-corrected chi connectivity index (χ0v) is 11.1. The van der Waals surface area contributed by atoms with Crippen molar-refractivity contribution in [3.05, 3.63) is 60.3 Å². The van der Waals surface area contributed by atoms with Crippen LogP contribution in [-0.4, -0.2) is 18.1 Å². The van der Waals surface area contributed by atoms with E-state index in [2.05, 4.69) is 30.4 Å². The normalized spacial score (nSPS) is 14.0. The summed E-state index contributed by atoms with van der Waals surface area (Å²) < 4.78 is 5.37. The molecule has 0 aromatic heterocycles. The third-order valence-corrected chi connectivity index (χ3v) is 2.97. The first kappa shape index (κ1) is 13.0. The number of likely N-dealkylation sites (N-methyl/N-ethyl adjacent to an activating group) is 1. The van der Waals surface area contributed by atoms with Gasteiger partial charge in [-0.25, -0.2) is 0 Å². The van der Waals surface area contributed by atoms with Gasteiger partial charge in [-0.15, -0.1) is 6.42 Å². The summed E-state index contributed by atoms with van der Waals surface area (Å²) in [5.74, 6) is 3.24. The van der Waals surface area contributed by atoms with E-state index in [0.29, 0.717) is 6.61 Å². The molecule has 0 unspecified atom stereocenters. The van der Waals surface area contributed by atoms with Crippen LogP contribution in [0.25, 0.3) is 5.70 Å². The molecule has 0 atom stereocenters. The molecular weight excluding hydrogens is 234 g/mol. The van der Waals surface area contributed by atoms with Crippen molar-refractivity contribution in [1.82, 2.24) is 4.90 Å². The molecular formula is C17H17NO. The number of benzene rings is 1. The summed E-state index contributed by atoms with van der Waals surface area (Å²) >= 11 is 0. The first-order valence-corrected chi connectivity index (χ1v) is 6.27. The highest BCUT2D eigenvalue weighted by molar-refractivity contribution is 5.69. The maximum atomic E-state index is 5.37. The molecule has 1 heterocycles. The Morgan fingerprint density at radius 2 is 2.05 bits per heavy atom. The lowest BCUT2D eigenvalue weighted by Gasteiger charge is -2.28. The van der Waals surface area contributed by atoms with Crippen LogP contribution in [0.3, 0.4) is 0 Å². The third kappa shape index (κ3) is 2.89. The monoisotopic (exact) mass is 251 g/mol. The summed E-state index contributed by atoms with van der Waals surface area (Å²) in [6.07, 6.45) is 11.3. The van der Waals surface area contributed by atoms with Crippen molar-refractivity contribution >= 4 is 5.70 Å². The molecule has 1 aliphatic rings. The van der Waals surface area contributed by atoms with Gasteiger partial charge in [-0.3, -0.25) is 0 Å². The number of hydrogen-bond donors (Lipinski definition) is 0. The van der Waals surface area contributed by atoms with Crippen LogP contribution in [-0.2, 0) is 0 Å². The van der Waals surface area contributed by atoms with Crippen molar-refractivity contribution in [2.75, 3.05) is 13.2 Å². The minimum Gasteiger partial charge on any atom is -0.481 e. The van der Waals surface area contributed by atoms with Crippen molar-refractivity contribution in [3.63, 3.8) is 0 Å². The number of rotatable bonds is 4. The van der Waals surface area contributed by atoms with E-state index in [4.69, 9.17) is 11.2 Å². The average Bonchev–Trinajstić information content (AvgIpc) is 2.45. The maximum absolute atomic E-state index is 5.37. The van der Waals surface area contributed by atoms with Gasteiger partial charge >= 0.3 is 0 Å². The van der Waals surface area contributed by atoms with Gasteiger partial charge in [-0.05, 0) is 48.9 Å². The molecule has 0 bridgehead atoms. The van der Waals surface area contributed by atoms with E-state index in [9.17, 15) is 0 Å². The molecule has 0 spiro atoms. The van der Waals surface area contributed by atoms with Crippen LogP contribution in [0.15, 0.2) is 54.8 Å². The van der Waals surface area contributed by atoms with Crippen molar-refractivity contribution in [1.29, 1.82) is 0 Å². The molecule has 19 heavy (non-hydrogen) atoms. The quantitative estimate of drug-likeness (QED) is 0.760. The average molecular weight is 251 g/mol. The lowest BCUT2D eigenvalue weighted by molar-refractivity contribution is 0.370. The molecule has 1 aromatic rings. The fourth-order valence-corrected chi connectivity index (χ4v) is 2.06. The van der Waals surface area contributed by atoms with E-state index in [1.807, 2.05) is 36.4 Å². The summed E-state index contributed by atoms with van der Waals surface area (Å²) in [5, 5.41) is 0. The number of ether oxygens (including phenoxy) is 1. The van der Waals surface area contributed by atoms with Gasteiger partial charge in [-0.1, -0.05) is 18.6 Å². The summed E-state index contributed by atoms with van der Waals surface area (Å²) in [6, 6.07) is 7.93. The lowest BCUT2D eigenvalue weighted by atomic mass is 10.1. The van der Waals surface area contributed by atoms with Gasteiger partial charge in [0.1, 0.15) is 12.4 Å². The largest absolute Gasteiger partial charge is 0.481 e. The van der Waals surface area contributed by atoms with Crippen molar-refractivity contribution in [3.8, 4) is 18.1 Å². The van der Waals surface area contributed by atoms with Crippen molar-refractivity contribution in [2.45, 2.75) is 6.92 Å². The maximum Gasteiger partial charge on any atom is 0.148 e. The molecule has 0 N–H and O–H groups in total. The molecule has 0 amide bonds. The Hall–Kier alpha value is -2.40. The highest BCUT2D eigenvalue weighted by atomic mass is 16.5. The third-order valence-electron chi connectivity index (χ3n) is 2.97. The summed E-state index contributed by atoms with van der Waals surface area (Å²) in [6.45, 7) is 7.35. The second-order valence-corrected chi connectivity index (χ2v) is 4.16. The molecule has 0 radical (unpaired) electrons. The summed E-state index contributed by atoms with van der Waals surface area (Å²) in [5.41, 5.74) is 3.30. The molecule has 96 valence electrons. The molecule has 0 fully saturated rings. The molecule has 1 aliphatic heterocycles. The number of allylic oxidation sites excluding steroid dienone is 3. The molecule has 0 saturated carbocycles. The number of nitrogens with zero attached hydrogens (tertiary/aromatic N) is 1. The standard InChI is InChI=1S/C17H17NO/c1-4-13-19-16-11-9-15(10-12-16)17-8-6-7-14(3)18(17)5-2/h1,6-12H,3,5,13H2,2H3. The Bertz CT molecular complexity index is 558. The SMILES string of the molecule is C#CCOc1ccc(C2=CC=CC(=C)N2CC)cc1. The van der Waals surface area contributed by atoms with Crippen molar-refractivity contribution < 1.29 is 4.74 Å². The van der Waals surface area contributed by atoms with E-state index in [1.54, 1.807) is 0 Å². The van der Waals surface area contributed by atoms with Gasteiger partial charge in [0.15, 0.2) is 0 Å². The van der Waals surface area contributed by atoms with Crippen LogP contribution in [0.1, 0.15) is 12.5 Å². The Balaban J connectivity index is 2.22. The Labute approximate surface area is 114 Å². The van der Waals surface area contributed by atoms with E-state index in [1.165, 1.54) is 0 Å². The Morgan fingerprint density at radius 3 is 2.68 bits per heavy atom. The van der Waals surface area contributed by atoms with Crippen LogP contribution in [0.4, 0.5) is 0 Å². The zero-order valence-electron chi connectivity index (χ0n) is 11.1. The minimum absolute atomic E-state index is 0.294. The number of hydrogen-bond acceptors (Lipinski definition) is 2. The topological polar surface area (TPSA) is 12.5 Å². The van der Waals surface area contributed by atoms with Crippen LogP contribution in [0, 0.1) is 12.3 Å². The first-order chi connectivity index (χ1) is 9.26. The van der Waals surface area contributed by atoms with E-state index in [0.717, 1.165) is 29.3 Å². The molecule has 0 saturated heterocycles. The van der Waals surface area contributed by atoms with Crippen LogP contribution < -0.4 is 4.74 Å². The lowest BCUT2D eigenvalue weighted by Crippen LogP contribution is -2.21. The van der Waals surface area contributed by atoms with E-state index in [-0.39, 0.29) is 0 Å². The highest BCUT2D eigenvalue weighted by Crippen LogP contribution is 2.27. The minimum atomic E-state index is 0.294. The van der Waals surface area contributed by atoms with Crippen molar-refractivity contribution in [2.24, 2.45) is 0 Å². The van der Waals surface area contributed by atoms with Gasteiger partial charge in [0.2, 0.25) is 0 Å². The van der Waals surface area contributed by atoms with Crippen LogP contribution in [0.2, 0.25) is 0 Å². The van der Waals surface area contributed by atoms with E-state index < -0.39 is 0 Å². The van der Waals surface area contributed by atoms with Gasteiger partial charge in [0, 0.05) is 17.9 Å². The summed E-state index contributed by atoms with van der Waals surface area (Å²) in [4.78, 5) is 2.18. The molecule has 1 aromatic carbocycles. The fourth-order valence-electron chi connectivity index (χ4n) is 2.06. The Morgan fingerprint density at radius 1 is 1.32 bits per heavy atom. The zero-order chi connectivity index (χ0) is 13.7. The second kappa shape index (κ2) is 5.97. The van der Waals surface area contributed by atoms with Crippen LogP contribution in [0.5, 0.6) is 5.75 Å². The van der Waals surface area contributed by atoms with Gasteiger partial charge < -0.3 is 9.64 Å². The molecule has 2 heteroatoms. The molecule has 2 nitrogen and oxygen atoms in total. The van der Waals surface area contributed by atoms with Gasteiger partial charge in [-0.2, -0.15) is 0 Å². The second-order valence-electron chi connectivity index (χ2n) is 4.16. The molecule has 2 rings (SSSR count). The molecule has 0 aliphatic carbocycles. The smallest absolute Gasteiger partial charge is 0.148 e. The van der Waals surface area contributed by atoms with E-state index >= 15 is 0 Å². The predicted octanol–water partition coefficient (Wildman–Crippen LogP) is 3.44. The highest BCUT2D eigenvalue weighted by Gasteiger charge is 2.13. The fraction of sp³-hybridized carbons (Fsp3) is 0.176. The number of terminal acetylenes is 1. The van der Waals surface area contributed by atoms with Gasteiger partial charge in [0.05, 0.1) is 0 Å². The summed E-state index contributed by atoms with van der Waals surface area (Å²) in [7, 11) is 0. The van der Waals surface area contributed by atoms with Gasteiger partial charge in [0.25, 0.3) is 0 Å². The first-order valence-electron chi connectivity index (χ1n) is 6.27. The van der Waals surface area contributed by atoms with Crippen LogP contribution >= 0.6 is 0 Å². The Kier molecular flexibility index (Phi) is 4.10. The predicted molar refractivity (Wildman–Crippen MR) is 79.4 cm³/mol.